The highest BCUT2D eigenvalue weighted by atomic mass is 16.2. The fourth-order valence-electron chi connectivity index (χ4n) is 2.13. The van der Waals surface area contributed by atoms with Crippen LogP contribution in [0, 0.1) is 5.41 Å². The van der Waals surface area contributed by atoms with Crippen LogP contribution in [0.15, 0.2) is 0 Å². The minimum atomic E-state index is -0.0467. The average molecular weight is 239 g/mol. The number of amides is 1. The Morgan fingerprint density at radius 3 is 2.24 bits per heavy atom. The van der Waals surface area contributed by atoms with Crippen molar-refractivity contribution < 1.29 is 4.79 Å². The van der Waals surface area contributed by atoms with Crippen molar-refractivity contribution in [3.05, 3.63) is 0 Å². The third-order valence-corrected chi connectivity index (χ3v) is 3.19. The van der Waals surface area contributed by atoms with Gasteiger partial charge in [0, 0.05) is 6.54 Å². The van der Waals surface area contributed by atoms with E-state index in [1.165, 1.54) is 44.9 Å². The van der Waals surface area contributed by atoms with E-state index in [1.807, 2.05) is 4.90 Å². The highest BCUT2D eigenvalue weighted by Crippen LogP contribution is 2.09. The van der Waals surface area contributed by atoms with Gasteiger partial charge in [0.05, 0.1) is 0 Å². The van der Waals surface area contributed by atoms with E-state index >= 15 is 0 Å². The molecule has 1 heterocycles. The minimum absolute atomic E-state index is 0.0467. The van der Waals surface area contributed by atoms with Crippen LogP contribution in [0.5, 0.6) is 0 Å². The number of rotatable bonds is 9. The van der Waals surface area contributed by atoms with E-state index < -0.39 is 0 Å². The smallest absolute Gasteiger partial charge is 0.246 e. The molecular weight excluding hydrogens is 214 g/mol. The van der Waals surface area contributed by atoms with Gasteiger partial charge in [0.2, 0.25) is 5.91 Å². The summed E-state index contributed by atoms with van der Waals surface area (Å²) in [6.45, 7) is 3.45. The van der Waals surface area contributed by atoms with Gasteiger partial charge in [-0.05, 0) is 6.42 Å². The van der Waals surface area contributed by atoms with E-state index in [0.717, 1.165) is 13.0 Å². The summed E-state index contributed by atoms with van der Waals surface area (Å²) in [6.07, 6.45) is 10.3. The first-order valence-corrected chi connectivity index (χ1v) is 6.87. The van der Waals surface area contributed by atoms with Crippen molar-refractivity contribution >= 4 is 11.9 Å². The molecule has 1 aliphatic rings. The van der Waals surface area contributed by atoms with Crippen molar-refractivity contribution in [2.75, 3.05) is 13.1 Å². The normalized spacial score (nSPS) is 15.5. The van der Waals surface area contributed by atoms with Gasteiger partial charge in [-0.15, -0.1) is 0 Å². The van der Waals surface area contributed by atoms with Gasteiger partial charge in [-0.1, -0.05) is 51.9 Å². The molecule has 4 heteroatoms. The molecule has 0 aromatic rings. The summed E-state index contributed by atoms with van der Waals surface area (Å²) in [5, 5.41) is 10.0. The van der Waals surface area contributed by atoms with Crippen LogP contribution in [0.25, 0.3) is 0 Å². The molecule has 1 fully saturated rings. The van der Waals surface area contributed by atoms with Crippen LogP contribution in [-0.4, -0.2) is 29.9 Å². The Balaban J connectivity index is 1.91. The molecule has 0 aliphatic carbocycles. The molecule has 98 valence electrons. The molecule has 1 saturated heterocycles. The Kier molecular flexibility index (Phi) is 6.67. The second-order valence-corrected chi connectivity index (χ2v) is 4.79. The maximum Gasteiger partial charge on any atom is 0.246 e. The number of hydrogen-bond donors (Lipinski definition) is 2. The molecule has 17 heavy (non-hydrogen) atoms. The molecule has 1 rings (SSSR count). The Morgan fingerprint density at radius 2 is 1.71 bits per heavy atom. The first-order chi connectivity index (χ1) is 8.24. The van der Waals surface area contributed by atoms with Crippen LogP contribution in [-0.2, 0) is 4.79 Å². The summed E-state index contributed by atoms with van der Waals surface area (Å²) < 4.78 is 0. The molecule has 1 aliphatic heterocycles. The number of carbonyl (C=O) groups is 1. The van der Waals surface area contributed by atoms with Crippen molar-refractivity contribution in [2.24, 2.45) is 0 Å². The quantitative estimate of drug-likeness (QED) is 0.607. The number of hydrogen-bond acceptors (Lipinski definition) is 2. The van der Waals surface area contributed by atoms with Gasteiger partial charge < -0.3 is 4.90 Å². The fraction of sp³-hybridized carbons (Fsp3) is 0.846. The Hall–Kier alpha value is -1.06. The fourth-order valence-corrected chi connectivity index (χ4v) is 2.13. The van der Waals surface area contributed by atoms with Gasteiger partial charge in [0.1, 0.15) is 6.54 Å². The predicted molar refractivity (Wildman–Crippen MR) is 70.1 cm³/mol. The van der Waals surface area contributed by atoms with Crippen LogP contribution in [0.3, 0.4) is 0 Å². The molecule has 0 atom stereocenters. The lowest BCUT2D eigenvalue weighted by Gasteiger charge is -2.14. The standard InChI is InChI=1S/C13H25N3O/c1-2-3-4-5-6-7-8-9-10-16-11-12(17)15-13(16)14/h2-11H2,1H3,(H2,14,15,17). The molecule has 1 amide bonds. The topological polar surface area (TPSA) is 56.2 Å². The zero-order chi connectivity index (χ0) is 12.5. The highest BCUT2D eigenvalue weighted by molar-refractivity contribution is 6.02. The van der Waals surface area contributed by atoms with E-state index in [-0.39, 0.29) is 11.9 Å². The first-order valence-electron chi connectivity index (χ1n) is 6.87. The van der Waals surface area contributed by atoms with E-state index in [4.69, 9.17) is 5.41 Å². The van der Waals surface area contributed by atoms with Gasteiger partial charge in [-0.25, -0.2) is 0 Å². The van der Waals surface area contributed by atoms with Gasteiger partial charge in [-0.2, -0.15) is 0 Å². The minimum Gasteiger partial charge on any atom is -0.334 e. The van der Waals surface area contributed by atoms with Crippen molar-refractivity contribution in [3.63, 3.8) is 0 Å². The monoisotopic (exact) mass is 239 g/mol. The van der Waals surface area contributed by atoms with Crippen molar-refractivity contribution in [3.8, 4) is 0 Å². The van der Waals surface area contributed by atoms with Crippen LogP contribution >= 0.6 is 0 Å². The maximum absolute atomic E-state index is 11.0. The van der Waals surface area contributed by atoms with Gasteiger partial charge in [0.15, 0.2) is 5.96 Å². The maximum atomic E-state index is 11.0. The van der Waals surface area contributed by atoms with E-state index in [9.17, 15) is 4.79 Å². The molecule has 0 bridgehead atoms. The summed E-state index contributed by atoms with van der Waals surface area (Å²) >= 11 is 0. The largest absolute Gasteiger partial charge is 0.334 e. The average Bonchev–Trinajstić information content (AvgIpc) is 2.61. The number of guanidine groups is 1. The summed E-state index contributed by atoms with van der Waals surface area (Å²) in [5.41, 5.74) is 0. The summed E-state index contributed by atoms with van der Waals surface area (Å²) in [5.74, 6) is 0.229. The number of unbranched alkanes of at least 4 members (excludes halogenated alkanes) is 7. The molecule has 0 saturated carbocycles. The van der Waals surface area contributed by atoms with E-state index in [0.29, 0.717) is 6.54 Å². The third kappa shape index (κ3) is 5.71. The number of nitrogens with one attached hydrogen (secondary N) is 2. The second kappa shape index (κ2) is 8.09. The summed E-state index contributed by atoms with van der Waals surface area (Å²) in [4.78, 5) is 12.8. The van der Waals surface area contributed by atoms with Crippen LogP contribution in [0.4, 0.5) is 0 Å². The summed E-state index contributed by atoms with van der Waals surface area (Å²) in [6, 6.07) is 0. The summed E-state index contributed by atoms with van der Waals surface area (Å²) in [7, 11) is 0. The van der Waals surface area contributed by atoms with Crippen LogP contribution in [0.1, 0.15) is 58.3 Å². The van der Waals surface area contributed by atoms with Crippen LogP contribution in [0.2, 0.25) is 0 Å². The molecular formula is C13H25N3O. The zero-order valence-corrected chi connectivity index (χ0v) is 10.9. The second-order valence-electron chi connectivity index (χ2n) is 4.79. The molecule has 0 radical (unpaired) electrons. The molecule has 2 N–H and O–H groups in total. The molecule has 0 unspecified atom stereocenters. The lowest BCUT2D eigenvalue weighted by Crippen LogP contribution is -2.29. The van der Waals surface area contributed by atoms with Crippen molar-refractivity contribution in [2.45, 2.75) is 58.3 Å². The highest BCUT2D eigenvalue weighted by Gasteiger charge is 2.22. The Labute approximate surface area is 104 Å². The van der Waals surface area contributed by atoms with Gasteiger partial charge in [-0.3, -0.25) is 15.5 Å². The SMILES string of the molecule is CCCCCCCCCCN1CC(=O)NC1=N. The van der Waals surface area contributed by atoms with Gasteiger partial charge in [0.25, 0.3) is 0 Å². The van der Waals surface area contributed by atoms with Crippen LogP contribution < -0.4 is 5.32 Å². The van der Waals surface area contributed by atoms with Crippen molar-refractivity contribution in [1.29, 1.82) is 5.41 Å². The lowest BCUT2D eigenvalue weighted by atomic mass is 10.1. The van der Waals surface area contributed by atoms with Gasteiger partial charge >= 0.3 is 0 Å². The number of carbonyl (C=O) groups excluding carboxylic acids is 1. The van der Waals surface area contributed by atoms with E-state index in [1.54, 1.807) is 0 Å². The Bertz CT molecular complexity index is 253. The third-order valence-electron chi connectivity index (χ3n) is 3.19. The first kappa shape index (κ1) is 14.0. The molecule has 4 nitrogen and oxygen atoms in total. The van der Waals surface area contributed by atoms with Crippen molar-refractivity contribution in [1.82, 2.24) is 10.2 Å². The predicted octanol–water partition coefficient (Wildman–Crippen LogP) is 2.49. The molecule has 0 aromatic carbocycles. The molecule has 0 spiro atoms. The number of nitrogens with zero attached hydrogens (tertiary/aromatic N) is 1. The Morgan fingerprint density at radius 1 is 1.12 bits per heavy atom. The lowest BCUT2D eigenvalue weighted by molar-refractivity contribution is -0.118. The van der Waals surface area contributed by atoms with E-state index in [2.05, 4.69) is 12.2 Å². The molecule has 0 aromatic heterocycles. The zero-order valence-electron chi connectivity index (χ0n) is 10.9.